The Morgan fingerprint density at radius 1 is 1.12 bits per heavy atom. The highest BCUT2D eigenvalue weighted by Gasteiger charge is 2.41. The second-order valence-electron chi connectivity index (χ2n) is 8.57. The minimum absolute atomic E-state index is 0.156. The summed E-state index contributed by atoms with van der Waals surface area (Å²) in [4.78, 5) is 28.1. The summed E-state index contributed by atoms with van der Waals surface area (Å²) in [7, 11) is 0. The number of fused-ring (bicyclic) bond motifs is 1. The third-order valence-corrected chi connectivity index (χ3v) is 6.94. The van der Waals surface area contributed by atoms with E-state index in [1.165, 1.54) is 18.4 Å². The molecule has 0 bridgehead atoms. The number of rotatable bonds is 8. The second kappa shape index (κ2) is 10.1. The van der Waals surface area contributed by atoms with Crippen LogP contribution in [0.1, 0.15) is 77.5 Å². The standard InChI is InChI=1S/C25H27BrF2N2O2/c26-18-11-12-20-21(14-18)23(24(31)29-13-5-10-22(27)28)30(25(20)32)15-17-8-3-4-9-19(17)16-6-1-2-7-16/h3-4,8-9,11-12,14,16,22-23H,1-2,5-7,10,13,15H2,(H,29,31). The highest BCUT2D eigenvalue weighted by Crippen LogP contribution is 2.40. The SMILES string of the molecule is O=C(NCCCC(F)F)C1c2cc(Br)ccc2C(=O)N1Cc1ccccc1C1CCCC1. The molecule has 1 fully saturated rings. The van der Waals surface area contributed by atoms with Gasteiger partial charge in [0.1, 0.15) is 6.04 Å². The molecule has 1 aliphatic heterocycles. The second-order valence-corrected chi connectivity index (χ2v) is 9.49. The monoisotopic (exact) mass is 504 g/mol. The first-order chi connectivity index (χ1) is 15.5. The summed E-state index contributed by atoms with van der Waals surface area (Å²) in [5, 5.41) is 2.76. The molecule has 1 aliphatic carbocycles. The molecule has 2 aromatic rings. The van der Waals surface area contributed by atoms with Crippen LogP contribution in [0, 0.1) is 0 Å². The van der Waals surface area contributed by atoms with Crippen molar-refractivity contribution < 1.29 is 18.4 Å². The fourth-order valence-electron chi connectivity index (χ4n) is 4.90. The molecule has 2 aromatic carbocycles. The van der Waals surface area contributed by atoms with Crippen molar-refractivity contribution in [1.82, 2.24) is 10.2 Å². The number of carbonyl (C=O) groups excluding carboxylic acids is 2. The van der Waals surface area contributed by atoms with E-state index in [9.17, 15) is 18.4 Å². The van der Waals surface area contributed by atoms with E-state index in [1.54, 1.807) is 23.1 Å². The lowest BCUT2D eigenvalue weighted by molar-refractivity contribution is -0.125. The fourth-order valence-corrected chi connectivity index (χ4v) is 5.28. The number of hydrogen-bond donors (Lipinski definition) is 1. The van der Waals surface area contributed by atoms with Crippen molar-refractivity contribution in [1.29, 1.82) is 0 Å². The summed E-state index contributed by atoms with van der Waals surface area (Å²) in [6.45, 7) is 0.497. The summed E-state index contributed by atoms with van der Waals surface area (Å²) < 4.78 is 25.7. The zero-order chi connectivity index (χ0) is 22.7. The van der Waals surface area contributed by atoms with Crippen LogP contribution in [0.4, 0.5) is 8.78 Å². The minimum atomic E-state index is -2.39. The molecule has 1 saturated carbocycles. The Bertz CT molecular complexity index is 992. The normalized spacial score (nSPS) is 18.4. The third-order valence-electron chi connectivity index (χ3n) is 6.45. The zero-order valence-electron chi connectivity index (χ0n) is 17.8. The molecule has 0 aromatic heterocycles. The van der Waals surface area contributed by atoms with Gasteiger partial charge in [-0.1, -0.05) is 53.0 Å². The van der Waals surface area contributed by atoms with E-state index >= 15 is 0 Å². The third kappa shape index (κ3) is 4.87. The Kier molecular flexibility index (Phi) is 7.23. The fraction of sp³-hybridized carbons (Fsp3) is 0.440. The summed E-state index contributed by atoms with van der Waals surface area (Å²) in [6.07, 6.45) is 2.26. The van der Waals surface area contributed by atoms with Crippen LogP contribution < -0.4 is 5.32 Å². The smallest absolute Gasteiger partial charge is 0.255 e. The van der Waals surface area contributed by atoms with Crippen molar-refractivity contribution in [2.75, 3.05) is 6.54 Å². The van der Waals surface area contributed by atoms with Gasteiger partial charge in [0, 0.05) is 29.5 Å². The molecule has 4 nitrogen and oxygen atoms in total. The van der Waals surface area contributed by atoms with Crippen LogP contribution in [0.5, 0.6) is 0 Å². The van der Waals surface area contributed by atoms with E-state index in [-0.39, 0.29) is 31.2 Å². The van der Waals surface area contributed by atoms with Crippen LogP contribution in [0.3, 0.4) is 0 Å². The van der Waals surface area contributed by atoms with Crippen molar-refractivity contribution in [3.63, 3.8) is 0 Å². The van der Waals surface area contributed by atoms with Gasteiger partial charge in [0.15, 0.2) is 0 Å². The Labute approximate surface area is 195 Å². The van der Waals surface area contributed by atoms with Crippen LogP contribution in [0.25, 0.3) is 0 Å². The van der Waals surface area contributed by atoms with Gasteiger partial charge in [0.25, 0.3) is 5.91 Å². The largest absolute Gasteiger partial charge is 0.354 e. The summed E-state index contributed by atoms with van der Waals surface area (Å²) in [5.74, 6) is -0.0219. The Morgan fingerprint density at radius 2 is 1.88 bits per heavy atom. The minimum Gasteiger partial charge on any atom is -0.354 e. The van der Waals surface area contributed by atoms with Gasteiger partial charge in [-0.3, -0.25) is 9.59 Å². The van der Waals surface area contributed by atoms with Crippen molar-refractivity contribution in [3.8, 4) is 0 Å². The molecule has 0 radical (unpaired) electrons. The molecule has 1 heterocycles. The zero-order valence-corrected chi connectivity index (χ0v) is 19.4. The Balaban J connectivity index is 1.60. The van der Waals surface area contributed by atoms with E-state index < -0.39 is 12.5 Å². The van der Waals surface area contributed by atoms with Crippen molar-refractivity contribution >= 4 is 27.7 Å². The average molecular weight is 505 g/mol. The number of nitrogens with zero attached hydrogens (tertiary/aromatic N) is 1. The topological polar surface area (TPSA) is 49.4 Å². The van der Waals surface area contributed by atoms with Gasteiger partial charge in [-0.15, -0.1) is 0 Å². The first-order valence-corrected chi connectivity index (χ1v) is 12.0. The van der Waals surface area contributed by atoms with Gasteiger partial charge in [0.05, 0.1) is 0 Å². The molecule has 1 unspecified atom stereocenters. The Hall–Kier alpha value is -2.28. The Morgan fingerprint density at radius 3 is 2.62 bits per heavy atom. The molecule has 1 atom stereocenters. The number of amides is 2. The molecule has 170 valence electrons. The number of alkyl halides is 2. The molecule has 7 heteroatoms. The quantitative estimate of drug-likeness (QED) is 0.450. The van der Waals surface area contributed by atoms with Crippen molar-refractivity contribution in [3.05, 3.63) is 69.2 Å². The molecular formula is C25H27BrF2N2O2. The van der Waals surface area contributed by atoms with Gasteiger partial charge >= 0.3 is 0 Å². The van der Waals surface area contributed by atoms with Crippen LogP contribution in [0.2, 0.25) is 0 Å². The van der Waals surface area contributed by atoms with Gasteiger partial charge in [-0.05, 0) is 60.1 Å². The number of benzene rings is 2. The molecule has 32 heavy (non-hydrogen) atoms. The summed E-state index contributed by atoms with van der Waals surface area (Å²) in [5.41, 5.74) is 3.48. The van der Waals surface area contributed by atoms with Gasteiger partial charge in [-0.2, -0.15) is 0 Å². The summed E-state index contributed by atoms with van der Waals surface area (Å²) >= 11 is 3.44. The van der Waals surface area contributed by atoms with Gasteiger partial charge < -0.3 is 10.2 Å². The van der Waals surface area contributed by atoms with E-state index in [0.717, 1.165) is 22.9 Å². The van der Waals surface area contributed by atoms with Crippen LogP contribution in [-0.2, 0) is 11.3 Å². The number of nitrogens with one attached hydrogen (secondary N) is 1. The van der Waals surface area contributed by atoms with Gasteiger partial charge in [-0.25, -0.2) is 8.78 Å². The molecule has 2 amide bonds. The van der Waals surface area contributed by atoms with E-state index in [2.05, 4.69) is 27.3 Å². The lowest BCUT2D eigenvalue weighted by Gasteiger charge is -2.27. The van der Waals surface area contributed by atoms with E-state index in [0.29, 0.717) is 23.6 Å². The lowest BCUT2D eigenvalue weighted by Crippen LogP contribution is -2.39. The van der Waals surface area contributed by atoms with Crippen LogP contribution in [0.15, 0.2) is 46.9 Å². The molecule has 1 N–H and O–H groups in total. The molecule has 4 rings (SSSR count). The number of halogens is 3. The first kappa shape index (κ1) is 22.9. The average Bonchev–Trinajstić information content (AvgIpc) is 3.39. The predicted octanol–water partition coefficient (Wildman–Crippen LogP) is 5.97. The molecule has 0 saturated heterocycles. The highest BCUT2D eigenvalue weighted by molar-refractivity contribution is 9.10. The van der Waals surface area contributed by atoms with Gasteiger partial charge in [0.2, 0.25) is 12.3 Å². The molecule has 0 spiro atoms. The highest BCUT2D eigenvalue weighted by atomic mass is 79.9. The molecular weight excluding hydrogens is 478 g/mol. The van der Waals surface area contributed by atoms with Crippen molar-refractivity contribution in [2.24, 2.45) is 0 Å². The van der Waals surface area contributed by atoms with Crippen LogP contribution in [-0.4, -0.2) is 29.7 Å². The van der Waals surface area contributed by atoms with E-state index in [1.807, 2.05) is 18.2 Å². The maximum absolute atomic E-state index is 13.3. The molecule has 2 aliphatic rings. The maximum atomic E-state index is 13.3. The maximum Gasteiger partial charge on any atom is 0.255 e. The lowest BCUT2D eigenvalue weighted by atomic mass is 9.92. The first-order valence-electron chi connectivity index (χ1n) is 11.2. The summed E-state index contributed by atoms with van der Waals surface area (Å²) in [6, 6.07) is 12.7. The van der Waals surface area contributed by atoms with E-state index in [4.69, 9.17) is 0 Å². The number of carbonyl (C=O) groups is 2. The van der Waals surface area contributed by atoms with Crippen molar-refractivity contribution in [2.45, 2.75) is 63.5 Å². The number of hydrogen-bond acceptors (Lipinski definition) is 2. The van der Waals surface area contributed by atoms with Crippen LogP contribution >= 0.6 is 15.9 Å². The predicted molar refractivity (Wildman–Crippen MR) is 123 cm³/mol.